The van der Waals surface area contributed by atoms with Crippen LogP contribution in [0.4, 0.5) is 5.69 Å². The molecular formula is C26H36N4. The molecule has 0 saturated carbocycles. The Balaban J connectivity index is 1.30. The van der Waals surface area contributed by atoms with E-state index in [2.05, 4.69) is 59.4 Å². The third-order valence-electron chi connectivity index (χ3n) is 7.61. The standard InChI is InChI=1S/C26H36N4/c1-19-11-14-30(15-12-19)24-9-4-7-21-17-28-22(16-23(21)24)18-29(2)25-10-3-6-20-8-5-13-27-26(20)25/h4-5,7-9,13,19,22,25,28H,3,6,10-12,14-18H2,1-2H3/t22-,25-/m0/s1. The van der Waals surface area contributed by atoms with E-state index in [0.29, 0.717) is 12.1 Å². The molecule has 30 heavy (non-hydrogen) atoms. The number of anilines is 1. The zero-order valence-corrected chi connectivity index (χ0v) is 18.6. The molecular weight excluding hydrogens is 368 g/mol. The first-order chi connectivity index (χ1) is 14.7. The maximum absolute atomic E-state index is 4.76. The van der Waals surface area contributed by atoms with E-state index in [9.17, 15) is 0 Å². The third-order valence-corrected chi connectivity index (χ3v) is 7.61. The predicted molar refractivity (Wildman–Crippen MR) is 124 cm³/mol. The Morgan fingerprint density at radius 2 is 1.93 bits per heavy atom. The van der Waals surface area contributed by atoms with Gasteiger partial charge in [0.05, 0.1) is 11.7 Å². The summed E-state index contributed by atoms with van der Waals surface area (Å²) in [6.45, 7) is 6.88. The lowest BCUT2D eigenvalue weighted by molar-refractivity contribution is 0.191. The summed E-state index contributed by atoms with van der Waals surface area (Å²) < 4.78 is 0. The van der Waals surface area contributed by atoms with Crippen LogP contribution in [-0.4, -0.2) is 42.6 Å². The van der Waals surface area contributed by atoms with E-state index in [0.717, 1.165) is 25.4 Å². The molecule has 2 atom stereocenters. The summed E-state index contributed by atoms with van der Waals surface area (Å²) in [5, 5.41) is 3.83. The Kier molecular flexibility index (Phi) is 5.79. The Morgan fingerprint density at radius 1 is 1.10 bits per heavy atom. The second-order valence-corrected chi connectivity index (χ2v) is 9.76. The van der Waals surface area contributed by atoms with Crippen LogP contribution in [0.1, 0.15) is 61.0 Å². The van der Waals surface area contributed by atoms with E-state index in [1.54, 1.807) is 5.56 Å². The van der Waals surface area contributed by atoms with Gasteiger partial charge in [-0.2, -0.15) is 0 Å². The molecule has 5 rings (SSSR count). The summed E-state index contributed by atoms with van der Waals surface area (Å²) in [5.74, 6) is 0.871. The second-order valence-electron chi connectivity index (χ2n) is 9.76. The summed E-state index contributed by atoms with van der Waals surface area (Å²) in [6.07, 6.45) is 9.41. The van der Waals surface area contributed by atoms with Crippen molar-refractivity contribution in [2.75, 3.05) is 31.6 Å². The molecule has 0 amide bonds. The number of hydrogen-bond acceptors (Lipinski definition) is 4. The number of nitrogens with zero attached hydrogens (tertiary/aromatic N) is 3. The van der Waals surface area contributed by atoms with Crippen LogP contribution >= 0.6 is 0 Å². The average molecular weight is 405 g/mol. The maximum Gasteiger partial charge on any atom is 0.0607 e. The van der Waals surface area contributed by atoms with E-state index >= 15 is 0 Å². The molecule has 1 aromatic heterocycles. The number of fused-ring (bicyclic) bond motifs is 2. The van der Waals surface area contributed by atoms with Crippen molar-refractivity contribution >= 4 is 5.69 Å². The van der Waals surface area contributed by atoms with Gasteiger partial charge in [0.1, 0.15) is 0 Å². The van der Waals surface area contributed by atoms with Gasteiger partial charge in [-0.15, -0.1) is 0 Å². The zero-order valence-electron chi connectivity index (χ0n) is 18.6. The molecule has 1 saturated heterocycles. The topological polar surface area (TPSA) is 31.4 Å². The number of piperidine rings is 1. The molecule has 2 aromatic rings. The van der Waals surface area contributed by atoms with Crippen LogP contribution in [0.2, 0.25) is 0 Å². The number of aromatic nitrogens is 1. The van der Waals surface area contributed by atoms with E-state index in [-0.39, 0.29) is 0 Å². The minimum Gasteiger partial charge on any atom is -0.371 e. The first-order valence-electron chi connectivity index (χ1n) is 11.9. The largest absolute Gasteiger partial charge is 0.371 e. The van der Waals surface area contributed by atoms with E-state index in [1.165, 1.54) is 67.7 Å². The third kappa shape index (κ3) is 4.00. The van der Waals surface area contributed by atoms with Crippen molar-refractivity contribution in [2.24, 2.45) is 5.92 Å². The van der Waals surface area contributed by atoms with Gasteiger partial charge in [-0.25, -0.2) is 0 Å². The average Bonchev–Trinajstić information content (AvgIpc) is 2.79. The van der Waals surface area contributed by atoms with Gasteiger partial charge < -0.3 is 10.2 Å². The maximum atomic E-state index is 4.76. The van der Waals surface area contributed by atoms with Crippen molar-refractivity contribution in [3.05, 3.63) is 58.9 Å². The SMILES string of the molecule is CC1CCN(c2cccc3c2C[C@@H](CN(C)[C@H]2CCCc4cccnc42)NC3)CC1. The van der Waals surface area contributed by atoms with Gasteiger partial charge in [-0.3, -0.25) is 9.88 Å². The molecule has 4 nitrogen and oxygen atoms in total. The summed E-state index contributed by atoms with van der Waals surface area (Å²) in [4.78, 5) is 9.96. The summed E-state index contributed by atoms with van der Waals surface area (Å²) in [7, 11) is 2.30. The zero-order chi connectivity index (χ0) is 20.5. The molecule has 0 bridgehead atoms. The molecule has 1 fully saturated rings. The van der Waals surface area contributed by atoms with Crippen LogP contribution in [-0.2, 0) is 19.4 Å². The fourth-order valence-electron chi connectivity index (χ4n) is 5.76. The van der Waals surface area contributed by atoms with Crippen molar-refractivity contribution in [3.8, 4) is 0 Å². The van der Waals surface area contributed by atoms with Crippen LogP contribution in [0.15, 0.2) is 36.5 Å². The highest BCUT2D eigenvalue weighted by Gasteiger charge is 2.29. The van der Waals surface area contributed by atoms with Gasteiger partial charge in [0.25, 0.3) is 0 Å². The number of rotatable bonds is 4. The Labute approximate surface area is 181 Å². The van der Waals surface area contributed by atoms with Gasteiger partial charge >= 0.3 is 0 Å². The van der Waals surface area contributed by atoms with Crippen LogP contribution in [0.5, 0.6) is 0 Å². The lowest BCUT2D eigenvalue weighted by Gasteiger charge is -2.38. The molecule has 1 aromatic carbocycles. The molecule has 2 aliphatic heterocycles. The predicted octanol–water partition coefficient (Wildman–Crippen LogP) is 4.34. The van der Waals surface area contributed by atoms with E-state index < -0.39 is 0 Å². The molecule has 0 unspecified atom stereocenters. The number of nitrogens with one attached hydrogen (secondary N) is 1. The Bertz CT molecular complexity index is 871. The van der Waals surface area contributed by atoms with Crippen LogP contribution in [0.3, 0.4) is 0 Å². The molecule has 3 heterocycles. The van der Waals surface area contributed by atoms with Crippen molar-refractivity contribution in [1.82, 2.24) is 15.2 Å². The van der Waals surface area contributed by atoms with Crippen molar-refractivity contribution < 1.29 is 0 Å². The molecule has 1 N–H and O–H groups in total. The second kappa shape index (κ2) is 8.68. The minimum atomic E-state index is 0.456. The first-order valence-corrected chi connectivity index (χ1v) is 11.9. The van der Waals surface area contributed by atoms with Gasteiger partial charge in [-0.1, -0.05) is 25.1 Å². The highest BCUT2D eigenvalue weighted by Crippen LogP contribution is 2.34. The van der Waals surface area contributed by atoms with Crippen molar-refractivity contribution in [1.29, 1.82) is 0 Å². The van der Waals surface area contributed by atoms with Crippen LogP contribution in [0, 0.1) is 5.92 Å². The number of benzene rings is 1. The fourth-order valence-corrected chi connectivity index (χ4v) is 5.76. The molecule has 160 valence electrons. The number of hydrogen-bond donors (Lipinski definition) is 1. The smallest absolute Gasteiger partial charge is 0.0607 e. The molecule has 3 aliphatic rings. The quantitative estimate of drug-likeness (QED) is 0.821. The van der Waals surface area contributed by atoms with Crippen molar-refractivity contribution in [3.63, 3.8) is 0 Å². The minimum absolute atomic E-state index is 0.456. The fraction of sp³-hybridized carbons (Fsp3) is 0.577. The summed E-state index contributed by atoms with van der Waals surface area (Å²) in [5.41, 5.74) is 7.34. The summed E-state index contributed by atoms with van der Waals surface area (Å²) >= 11 is 0. The number of pyridine rings is 1. The van der Waals surface area contributed by atoms with Gasteiger partial charge in [0.2, 0.25) is 0 Å². The van der Waals surface area contributed by atoms with Gasteiger partial charge in [-0.05, 0) is 80.3 Å². The lowest BCUT2D eigenvalue weighted by atomic mass is 9.89. The lowest BCUT2D eigenvalue weighted by Crippen LogP contribution is -2.45. The van der Waals surface area contributed by atoms with Gasteiger partial charge in [0, 0.05) is 44.1 Å². The Morgan fingerprint density at radius 3 is 2.80 bits per heavy atom. The van der Waals surface area contributed by atoms with Gasteiger partial charge in [0.15, 0.2) is 0 Å². The Hall–Kier alpha value is -1.91. The van der Waals surface area contributed by atoms with Crippen LogP contribution in [0.25, 0.3) is 0 Å². The molecule has 1 aliphatic carbocycles. The van der Waals surface area contributed by atoms with E-state index in [4.69, 9.17) is 4.98 Å². The highest BCUT2D eigenvalue weighted by molar-refractivity contribution is 5.58. The number of likely N-dealkylation sites (N-methyl/N-ethyl adjacent to an activating group) is 1. The molecule has 4 heteroatoms. The van der Waals surface area contributed by atoms with E-state index in [1.807, 2.05) is 6.20 Å². The highest BCUT2D eigenvalue weighted by atomic mass is 15.2. The monoisotopic (exact) mass is 404 g/mol. The summed E-state index contributed by atoms with van der Waals surface area (Å²) in [6, 6.07) is 12.2. The molecule has 0 spiro atoms. The van der Waals surface area contributed by atoms with Crippen molar-refractivity contribution in [2.45, 2.75) is 64.1 Å². The number of aryl methyl sites for hydroxylation is 1. The normalized spacial score (nSPS) is 24.6. The van der Waals surface area contributed by atoms with Crippen LogP contribution < -0.4 is 10.2 Å². The molecule has 0 radical (unpaired) electrons. The first kappa shape index (κ1) is 20.0.